The number of piperazine rings is 1. The van der Waals surface area contributed by atoms with Crippen LogP contribution < -0.4 is 5.32 Å². The smallest absolute Gasteiger partial charge is 0.0703 e. The van der Waals surface area contributed by atoms with Crippen LogP contribution in [0.3, 0.4) is 0 Å². The summed E-state index contributed by atoms with van der Waals surface area (Å²) in [5, 5.41) is 3.34. The molecule has 1 heterocycles. The molecule has 0 saturated carbocycles. The summed E-state index contributed by atoms with van der Waals surface area (Å²) < 4.78 is 16.3. The third kappa shape index (κ3) is 8.83. The number of hydrogen-bond acceptors (Lipinski definition) is 5. The van der Waals surface area contributed by atoms with Gasteiger partial charge in [0.05, 0.1) is 39.1 Å². The summed E-state index contributed by atoms with van der Waals surface area (Å²) in [6.07, 6.45) is 0.281. The summed E-state index contributed by atoms with van der Waals surface area (Å²) in [6.45, 7) is 13.0. The van der Waals surface area contributed by atoms with Crippen molar-refractivity contribution in [3.8, 4) is 0 Å². The van der Waals surface area contributed by atoms with Gasteiger partial charge < -0.3 is 19.5 Å². The van der Waals surface area contributed by atoms with Gasteiger partial charge in [0.15, 0.2) is 0 Å². The van der Waals surface area contributed by atoms with Crippen molar-refractivity contribution < 1.29 is 14.2 Å². The van der Waals surface area contributed by atoms with Crippen LogP contribution in [0, 0.1) is 0 Å². The SMILES string of the molecule is CC(C)OCCOCCOCCN1CCNCC1. The first-order valence-electron chi connectivity index (χ1n) is 6.99. The summed E-state index contributed by atoms with van der Waals surface area (Å²) >= 11 is 0. The van der Waals surface area contributed by atoms with Gasteiger partial charge >= 0.3 is 0 Å². The lowest BCUT2D eigenvalue weighted by atomic mass is 10.4. The van der Waals surface area contributed by atoms with E-state index in [1.54, 1.807) is 0 Å². The zero-order chi connectivity index (χ0) is 13.1. The van der Waals surface area contributed by atoms with Crippen molar-refractivity contribution in [1.82, 2.24) is 10.2 Å². The molecule has 1 aliphatic heterocycles. The van der Waals surface area contributed by atoms with E-state index in [1.807, 2.05) is 13.8 Å². The van der Waals surface area contributed by atoms with Gasteiger partial charge in [-0.2, -0.15) is 0 Å². The predicted octanol–water partition coefficient (Wildman–Crippen LogP) is 0.350. The van der Waals surface area contributed by atoms with Gasteiger partial charge in [0.1, 0.15) is 0 Å². The fourth-order valence-electron chi connectivity index (χ4n) is 1.79. The van der Waals surface area contributed by atoms with E-state index in [0.29, 0.717) is 26.4 Å². The van der Waals surface area contributed by atoms with E-state index in [9.17, 15) is 0 Å². The van der Waals surface area contributed by atoms with E-state index in [4.69, 9.17) is 14.2 Å². The first-order chi connectivity index (χ1) is 8.79. The third-order valence-corrected chi connectivity index (χ3v) is 2.81. The Morgan fingerprint density at radius 2 is 1.56 bits per heavy atom. The molecule has 1 fully saturated rings. The highest BCUT2D eigenvalue weighted by Gasteiger charge is 2.08. The van der Waals surface area contributed by atoms with Crippen LogP contribution in [0.4, 0.5) is 0 Å². The van der Waals surface area contributed by atoms with E-state index < -0.39 is 0 Å². The summed E-state index contributed by atoms with van der Waals surface area (Å²) in [7, 11) is 0. The van der Waals surface area contributed by atoms with Gasteiger partial charge in [0.2, 0.25) is 0 Å². The van der Waals surface area contributed by atoms with E-state index in [2.05, 4.69) is 10.2 Å². The second-order valence-electron chi connectivity index (χ2n) is 4.74. The predicted molar refractivity (Wildman–Crippen MR) is 72.0 cm³/mol. The molecule has 0 bridgehead atoms. The Hall–Kier alpha value is -0.200. The fraction of sp³-hybridized carbons (Fsp3) is 1.00. The standard InChI is InChI=1S/C13H28N2O3/c1-13(2)18-12-11-17-10-9-16-8-7-15-5-3-14-4-6-15/h13-14H,3-12H2,1-2H3. The maximum absolute atomic E-state index is 5.54. The molecule has 1 aliphatic rings. The normalized spacial score (nSPS) is 17.5. The first-order valence-corrected chi connectivity index (χ1v) is 6.99. The van der Waals surface area contributed by atoms with Crippen molar-refractivity contribution >= 4 is 0 Å². The number of nitrogens with one attached hydrogen (secondary N) is 1. The third-order valence-electron chi connectivity index (χ3n) is 2.81. The lowest BCUT2D eigenvalue weighted by Gasteiger charge is -2.26. The van der Waals surface area contributed by atoms with Gasteiger partial charge in [-0.15, -0.1) is 0 Å². The van der Waals surface area contributed by atoms with Gasteiger partial charge in [-0.05, 0) is 13.8 Å². The topological polar surface area (TPSA) is 43.0 Å². The molecular weight excluding hydrogens is 232 g/mol. The zero-order valence-electron chi connectivity index (χ0n) is 11.8. The monoisotopic (exact) mass is 260 g/mol. The van der Waals surface area contributed by atoms with Crippen LogP contribution in [0.5, 0.6) is 0 Å². The van der Waals surface area contributed by atoms with Gasteiger partial charge in [0, 0.05) is 32.7 Å². The van der Waals surface area contributed by atoms with Crippen molar-refractivity contribution in [2.45, 2.75) is 20.0 Å². The van der Waals surface area contributed by atoms with E-state index in [0.717, 1.165) is 39.3 Å². The molecule has 0 aromatic rings. The number of ether oxygens (including phenoxy) is 3. The Labute approximate surface area is 111 Å². The number of rotatable bonds is 10. The van der Waals surface area contributed by atoms with Gasteiger partial charge in [0.25, 0.3) is 0 Å². The molecule has 0 atom stereocenters. The lowest BCUT2D eigenvalue weighted by Crippen LogP contribution is -2.44. The first kappa shape index (κ1) is 15.9. The molecule has 0 aromatic heterocycles. The molecule has 1 saturated heterocycles. The molecule has 5 heteroatoms. The summed E-state index contributed by atoms with van der Waals surface area (Å²) in [6, 6.07) is 0. The second kappa shape index (κ2) is 10.7. The van der Waals surface area contributed by atoms with Crippen LogP contribution in [0.15, 0.2) is 0 Å². The molecule has 18 heavy (non-hydrogen) atoms. The molecule has 0 unspecified atom stereocenters. The van der Waals surface area contributed by atoms with Crippen LogP contribution in [0.2, 0.25) is 0 Å². The summed E-state index contributed by atoms with van der Waals surface area (Å²) in [5.41, 5.74) is 0. The van der Waals surface area contributed by atoms with Crippen molar-refractivity contribution in [3.63, 3.8) is 0 Å². The van der Waals surface area contributed by atoms with Crippen LogP contribution in [0.1, 0.15) is 13.8 Å². The molecule has 0 radical (unpaired) electrons. The Kier molecular flexibility index (Phi) is 9.42. The van der Waals surface area contributed by atoms with Crippen LogP contribution in [0.25, 0.3) is 0 Å². The van der Waals surface area contributed by atoms with Crippen molar-refractivity contribution in [3.05, 3.63) is 0 Å². The van der Waals surface area contributed by atoms with Crippen LogP contribution >= 0.6 is 0 Å². The highest BCUT2D eigenvalue weighted by atomic mass is 16.5. The van der Waals surface area contributed by atoms with Gasteiger partial charge in [-0.1, -0.05) is 0 Å². The fourth-order valence-corrected chi connectivity index (χ4v) is 1.79. The van der Waals surface area contributed by atoms with Gasteiger partial charge in [-0.25, -0.2) is 0 Å². The van der Waals surface area contributed by atoms with E-state index in [-0.39, 0.29) is 6.10 Å². The largest absolute Gasteiger partial charge is 0.378 e. The summed E-state index contributed by atoms with van der Waals surface area (Å²) in [4.78, 5) is 2.42. The molecule has 108 valence electrons. The summed E-state index contributed by atoms with van der Waals surface area (Å²) in [5.74, 6) is 0. The molecule has 0 aliphatic carbocycles. The van der Waals surface area contributed by atoms with Crippen molar-refractivity contribution in [2.24, 2.45) is 0 Å². The maximum Gasteiger partial charge on any atom is 0.0703 e. The molecule has 0 amide bonds. The zero-order valence-corrected chi connectivity index (χ0v) is 11.8. The van der Waals surface area contributed by atoms with Crippen molar-refractivity contribution in [1.29, 1.82) is 0 Å². The highest BCUT2D eigenvalue weighted by molar-refractivity contribution is 4.66. The number of nitrogens with zero attached hydrogens (tertiary/aromatic N) is 1. The highest BCUT2D eigenvalue weighted by Crippen LogP contribution is 1.92. The van der Waals surface area contributed by atoms with Crippen LogP contribution in [-0.4, -0.2) is 76.8 Å². The average molecular weight is 260 g/mol. The molecule has 1 N–H and O–H groups in total. The van der Waals surface area contributed by atoms with E-state index >= 15 is 0 Å². The minimum Gasteiger partial charge on any atom is -0.378 e. The Balaban J connectivity index is 1.75. The second-order valence-corrected chi connectivity index (χ2v) is 4.74. The molecular formula is C13H28N2O3. The maximum atomic E-state index is 5.54. The van der Waals surface area contributed by atoms with E-state index in [1.165, 1.54) is 0 Å². The molecule has 5 nitrogen and oxygen atoms in total. The number of hydrogen-bond donors (Lipinski definition) is 1. The molecule has 0 spiro atoms. The minimum atomic E-state index is 0.281. The quantitative estimate of drug-likeness (QED) is 0.574. The van der Waals surface area contributed by atoms with Crippen molar-refractivity contribution in [2.75, 3.05) is 65.8 Å². The van der Waals surface area contributed by atoms with Crippen LogP contribution in [-0.2, 0) is 14.2 Å². The average Bonchev–Trinajstić information content (AvgIpc) is 2.37. The molecule has 0 aromatic carbocycles. The van der Waals surface area contributed by atoms with Gasteiger partial charge in [-0.3, -0.25) is 4.90 Å². The Bertz CT molecular complexity index is 185. The lowest BCUT2D eigenvalue weighted by molar-refractivity contribution is -0.00410. The minimum absolute atomic E-state index is 0.281. The molecule has 1 rings (SSSR count). The Morgan fingerprint density at radius 3 is 2.22 bits per heavy atom. The Morgan fingerprint density at radius 1 is 0.944 bits per heavy atom.